The molecule has 1 aromatic carbocycles. The van der Waals surface area contributed by atoms with Crippen molar-refractivity contribution in [1.29, 1.82) is 0 Å². The number of fused-ring (bicyclic) bond motifs is 1. The van der Waals surface area contributed by atoms with Gasteiger partial charge in [-0.05, 0) is 56.5 Å². The van der Waals surface area contributed by atoms with Crippen LogP contribution in [0.1, 0.15) is 46.1 Å². The van der Waals surface area contributed by atoms with Crippen LogP contribution in [0.2, 0.25) is 0 Å². The summed E-state index contributed by atoms with van der Waals surface area (Å²) in [5, 5.41) is 5.49. The first-order valence-electron chi connectivity index (χ1n) is 10.8. The number of aromatic nitrogens is 4. The van der Waals surface area contributed by atoms with E-state index in [1.165, 1.54) is 22.2 Å². The maximum Gasteiger partial charge on any atom is 0.257 e. The second-order valence-electron chi connectivity index (χ2n) is 8.56. The number of amides is 1. The number of carbonyl (C=O) groups is 1. The molecule has 4 heterocycles. The maximum absolute atomic E-state index is 13.2. The molecule has 1 N–H and O–H groups in total. The Labute approximate surface area is 181 Å². The Hall–Kier alpha value is -3.41. The fraction of sp³-hybridized carbons (Fsp3) is 0.320. The lowest BCUT2D eigenvalue weighted by molar-refractivity contribution is 0.0705. The molecule has 31 heavy (non-hydrogen) atoms. The summed E-state index contributed by atoms with van der Waals surface area (Å²) in [5.74, 6) is 0.332. The van der Waals surface area contributed by atoms with Crippen LogP contribution in [0.3, 0.4) is 0 Å². The Morgan fingerprint density at radius 3 is 2.71 bits per heavy atom. The molecule has 0 radical (unpaired) electrons. The van der Waals surface area contributed by atoms with Crippen LogP contribution in [0.25, 0.3) is 22.0 Å². The number of H-pyrrole nitrogens is 1. The predicted molar refractivity (Wildman–Crippen MR) is 122 cm³/mol. The van der Waals surface area contributed by atoms with E-state index in [4.69, 9.17) is 0 Å². The van der Waals surface area contributed by atoms with Crippen molar-refractivity contribution in [2.75, 3.05) is 13.1 Å². The molecule has 0 saturated carbocycles. The van der Waals surface area contributed by atoms with Crippen LogP contribution in [-0.2, 0) is 7.05 Å². The zero-order chi connectivity index (χ0) is 21.5. The van der Waals surface area contributed by atoms with Gasteiger partial charge in [-0.3, -0.25) is 14.5 Å². The third-order valence-corrected chi connectivity index (χ3v) is 6.53. The second kappa shape index (κ2) is 7.69. The largest absolute Gasteiger partial charge is 0.358 e. The Balaban J connectivity index is 1.54. The van der Waals surface area contributed by atoms with Crippen molar-refractivity contribution in [2.45, 2.75) is 32.6 Å². The molecular formula is C25H27N5O. The summed E-state index contributed by atoms with van der Waals surface area (Å²) < 4.78 is 1.76. The van der Waals surface area contributed by atoms with Crippen LogP contribution in [0.4, 0.5) is 0 Å². The third-order valence-electron chi connectivity index (χ3n) is 6.53. The molecule has 0 aliphatic carbocycles. The highest BCUT2D eigenvalue weighted by Gasteiger charge is 2.30. The summed E-state index contributed by atoms with van der Waals surface area (Å²) in [6.07, 6.45) is 7.42. The fourth-order valence-corrected chi connectivity index (χ4v) is 4.74. The summed E-state index contributed by atoms with van der Waals surface area (Å²) in [5.41, 5.74) is 7.59. The molecule has 6 heteroatoms. The van der Waals surface area contributed by atoms with Crippen molar-refractivity contribution in [1.82, 2.24) is 24.6 Å². The highest BCUT2D eigenvalue weighted by atomic mass is 16.2. The molecule has 5 rings (SSSR count). The Morgan fingerprint density at radius 2 is 1.97 bits per heavy atom. The molecule has 1 aliphatic rings. The van der Waals surface area contributed by atoms with Gasteiger partial charge >= 0.3 is 0 Å². The van der Waals surface area contributed by atoms with Crippen molar-refractivity contribution >= 4 is 16.8 Å². The molecule has 3 aromatic heterocycles. The van der Waals surface area contributed by atoms with E-state index in [1.54, 1.807) is 10.9 Å². The molecule has 0 spiro atoms. The lowest BCUT2D eigenvalue weighted by atomic mass is 9.89. The van der Waals surface area contributed by atoms with Crippen LogP contribution < -0.4 is 0 Å². The Bertz CT molecular complexity index is 1250. The van der Waals surface area contributed by atoms with Gasteiger partial charge in [0.1, 0.15) is 0 Å². The van der Waals surface area contributed by atoms with E-state index in [0.29, 0.717) is 12.1 Å². The molecule has 1 amide bonds. The molecule has 1 saturated heterocycles. The average molecular weight is 414 g/mol. The third kappa shape index (κ3) is 3.42. The standard InChI is InChI=1S/C25H27N5O/c1-16-6-7-22-20(13-16)23(18-8-10-26-11-9-18)24(28-22)19-5-4-12-30(15-19)25(31)21-14-27-29(3)17(21)2/h6-11,13-14,19,28H,4-5,12,15H2,1-3H3. The first-order chi connectivity index (χ1) is 15.0. The number of likely N-dealkylation sites (tertiary alicyclic amines) is 1. The topological polar surface area (TPSA) is 66.8 Å². The van der Waals surface area contributed by atoms with Crippen molar-refractivity contribution in [3.63, 3.8) is 0 Å². The fourth-order valence-electron chi connectivity index (χ4n) is 4.74. The monoisotopic (exact) mass is 413 g/mol. The lowest BCUT2D eigenvalue weighted by Crippen LogP contribution is -2.39. The van der Waals surface area contributed by atoms with Crippen LogP contribution in [0, 0.1) is 13.8 Å². The van der Waals surface area contributed by atoms with Crippen molar-refractivity contribution in [3.05, 3.63) is 71.4 Å². The predicted octanol–water partition coefficient (Wildman–Crippen LogP) is 4.60. The minimum Gasteiger partial charge on any atom is -0.358 e. The maximum atomic E-state index is 13.2. The number of aromatic amines is 1. The zero-order valence-electron chi connectivity index (χ0n) is 18.2. The van der Waals surface area contributed by atoms with E-state index < -0.39 is 0 Å². The van der Waals surface area contributed by atoms with Crippen LogP contribution in [0.15, 0.2) is 48.9 Å². The molecule has 0 bridgehead atoms. The number of nitrogens with one attached hydrogen (secondary N) is 1. The minimum absolute atomic E-state index is 0.0766. The van der Waals surface area contributed by atoms with E-state index in [-0.39, 0.29) is 11.8 Å². The van der Waals surface area contributed by atoms with E-state index in [9.17, 15) is 4.79 Å². The summed E-state index contributed by atoms with van der Waals surface area (Å²) in [6, 6.07) is 10.7. The van der Waals surface area contributed by atoms with Crippen LogP contribution in [0.5, 0.6) is 0 Å². The number of carbonyl (C=O) groups excluding carboxylic acids is 1. The molecular weight excluding hydrogens is 386 g/mol. The molecule has 4 aromatic rings. The second-order valence-corrected chi connectivity index (χ2v) is 8.56. The normalized spacial score (nSPS) is 16.7. The summed E-state index contributed by atoms with van der Waals surface area (Å²) in [6.45, 7) is 5.56. The SMILES string of the molecule is Cc1ccc2[nH]c(C3CCCN(C(=O)c4cnn(C)c4C)C3)c(-c3ccncc3)c2c1. The lowest BCUT2D eigenvalue weighted by Gasteiger charge is -2.33. The molecule has 1 unspecified atom stereocenters. The summed E-state index contributed by atoms with van der Waals surface area (Å²) in [7, 11) is 1.87. The van der Waals surface area contributed by atoms with Gasteiger partial charge in [-0.2, -0.15) is 5.10 Å². The van der Waals surface area contributed by atoms with Gasteiger partial charge in [0.15, 0.2) is 0 Å². The van der Waals surface area contributed by atoms with Crippen molar-refractivity contribution < 1.29 is 4.79 Å². The molecule has 1 aliphatic heterocycles. The number of hydrogen-bond acceptors (Lipinski definition) is 3. The van der Waals surface area contributed by atoms with E-state index in [0.717, 1.165) is 36.2 Å². The average Bonchev–Trinajstić information content (AvgIpc) is 3.33. The van der Waals surface area contributed by atoms with Gasteiger partial charge in [0.2, 0.25) is 0 Å². The van der Waals surface area contributed by atoms with Crippen LogP contribution in [-0.4, -0.2) is 43.6 Å². The molecule has 158 valence electrons. The van der Waals surface area contributed by atoms with Gasteiger partial charge in [-0.15, -0.1) is 0 Å². The molecule has 1 fully saturated rings. The summed E-state index contributed by atoms with van der Waals surface area (Å²) >= 11 is 0. The zero-order valence-corrected chi connectivity index (χ0v) is 18.2. The molecule has 6 nitrogen and oxygen atoms in total. The number of benzene rings is 1. The van der Waals surface area contributed by atoms with Crippen molar-refractivity contribution in [3.8, 4) is 11.1 Å². The van der Waals surface area contributed by atoms with E-state index >= 15 is 0 Å². The van der Waals surface area contributed by atoms with Gasteiger partial charge in [0.05, 0.1) is 11.8 Å². The van der Waals surface area contributed by atoms with Crippen LogP contribution >= 0.6 is 0 Å². The highest BCUT2D eigenvalue weighted by Crippen LogP contribution is 2.39. The van der Waals surface area contributed by atoms with Crippen molar-refractivity contribution in [2.24, 2.45) is 7.05 Å². The Morgan fingerprint density at radius 1 is 1.16 bits per heavy atom. The highest BCUT2D eigenvalue weighted by molar-refractivity contribution is 5.98. The number of nitrogens with zero attached hydrogens (tertiary/aromatic N) is 4. The summed E-state index contributed by atoms with van der Waals surface area (Å²) in [4.78, 5) is 23.1. The smallest absolute Gasteiger partial charge is 0.257 e. The number of rotatable bonds is 3. The van der Waals surface area contributed by atoms with E-state index in [1.807, 2.05) is 31.3 Å². The van der Waals surface area contributed by atoms with Gasteiger partial charge in [0, 0.05) is 66.3 Å². The Kier molecular flexibility index (Phi) is 4.85. The van der Waals surface area contributed by atoms with E-state index in [2.05, 4.69) is 52.3 Å². The van der Waals surface area contributed by atoms with Gasteiger partial charge in [0.25, 0.3) is 5.91 Å². The van der Waals surface area contributed by atoms with Gasteiger partial charge in [-0.1, -0.05) is 11.6 Å². The number of piperidine rings is 1. The van der Waals surface area contributed by atoms with Gasteiger partial charge < -0.3 is 9.88 Å². The minimum atomic E-state index is 0.0766. The first kappa shape index (κ1) is 19.5. The number of aryl methyl sites for hydroxylation is 2. The molecule has 1 atom stereocenters. The number of pyridine rings is 1. The first-order valence-corrected chi connectivity index (χ1v) is 10.8. The quantitative estimate of drug-likeness (QED) is 0.534. The number of hydrogen-bond donors (Lipinski definition) is 1. The van der Waals surface area contributed by atoms with Gasteiger partial charge in [-0.25, -0.2) is 0 Å².